The molecule has 1 atom stereocenters. The second kappa shape index (κ2) is 7.38. The Hall–Kier alpha value is -0.920. The molecule has 0 spiro atoms. The van der Waals surface area contributed by atoms with Crippen LogP contribution in [-0.4, -0.2) is 17.7 Å². The highest BCUT2D eigenvalue weighted by Gasteiger charge is 2.32. The van der Waals surface area contributed by atoms with Crippen molar-refractivity contribution < 1.29 is 9.53 Å². The van der Waals surface area contributed by atoms with E-state index in [2.05, 4.69) is 33.5 Å². The zero-order chi connectivity index (χ0) is 15.4. The van der Waals surface area contributed by atoms with E-state index in [-0.39, 0.29) is 12.0 Å². The Labute approximate surface area is 142 Å². The summed E-state index contributed by atoms with van der Waals surface area (Å²) in [6.07, 6.45) is 1.69. The summed E-state index contributed by atoms with van der Waals surface area (Å²) in [5, 5.41) is 6.82. The predicted octanol–water partition coefficient (Wildman–Crippen LogP) is 3.65. The largest absolute Gasteiger partial charge is 0.463 e. The molecule has 0 bridgehead atoms. The number of halogens is 1. The van der Waals surface area contributed by atoms with Gasteiger partial charge < -0.3 is 15.4 Å². The zero-order valence-corrected chi connectivity index (χ0v) is 15.1. The lowest BCUT2D eigenvalue weighted by atomic mass is 9.99. The first kappa shape index (κ1) is 16.5. The van der Waals surface area contributed by atoms with Crippen molar-refractivity contribution in [1.82, 2.24) is 10.6 Å². The molecule has 0 aliphatic carbocycles. The van der Waals surface area contributed by atoms with Crippen LogP contribution in [0.3, 0.4) is 0 Å². The molecule has 7 heteroatoms. The summed E-state index contributed by atoms with van der Waals surface area (Å²) in [6, 6.07) is 3.70. The maximum atomic E-state index is 12.4. The molecular weight excluding hydrogens is 372 g/mol. The summed E-state index contributed by atoms with van der Waals surface area (Å²) in [7, 11) is 0. The molecule has 114 valence electrons. The Balaban J connectivity index is 2.45. The molecule has 1 aromatic heterocycles. The Bertz CT molecular complexity index is 583. The van der Waals surface area contributed by atoms with E-state index in [1.807, 2.05) is 19.1 Å². The summed E-state index contributed by atoms with van der Waals surface area (Å²) in [4.78, 5) is 13.4. The Kier molecular flexibility index (Phi) is 5.78. The van der Waals surface area contributed by atoms with Gasteiger partial charge in [-0.2, -0.15) is 0 Å². The lowest BCUT2D eigenvalue weighted by Crippen LogP contribution is -2.45. The van der Waals surface area contributed by atoms with Crippen LogP contribution in [0.1, 0.15) is 37.6 Å². The van der Waals surface area contributed by atoms with Gasteiger partial charge in [0, 0.05) is 10.6 Å². The average molecular weight is 389 g/mol. The lowest BCUT2D eigenvalue weighted by molar-refractivity contribution is -0.139. The molecule has 21 heavy (non-hydrogen) atoms. The molecule has 2 heterocycles. The smallest absolute Gasteiger partial charge is 0.338 e. The second-order valence-electron chi connectivity index (χ2n) is 4.54. The average Bonchev–Trinajstić information content (AvgIpc) is 2.85. The predicted molar refractivity (Wildman–Crippen MR) is 92.2 cm³/mol. The SMILES string of the molecule is CCCC1=C(C(=O)OCC)[C@@H](c2ccc(Br)s2)NC(=S)N1. The number of carbonyl (C=O) groups is 1. The lowest BCUT2D eigenvalue weighted by Gasteiger charge is -2.30. The number of ether oxygens (including phenoxy) is 1. The number of thiophene rings is 1. The van der Waals surface area contributed by atoms with E-state index < -0.39 is 0 Å². The van der Waals surface area contributed by atoms with E-state index in [9.17, 15) is 4.79 Å². The van der Waals surface area contributed by atoms with Gasteiger partial charge in [-0.15, -0.1) is 11.3 Å². The third-order valence-corrected chi connectivity index (χ3v) is 4.94. The fraction of sp³-hybridized carbons (Fsp3) is 0.429. The van der Waals surface area contributed by atoms with Gasteiger partial charge in [0.2, 0.25) is 0 Å². The van der Waals surface area contributed by atoms with E-state index in [0.29, 0.717) is 17.3 Å². The molecule has 1 aromatic rings. The Morgan fingerprint density at radius 3 is 2.81 bits per heavy atom. The summed E-state index contributed by atoms with van der Waals surface area (Å²) in [5.74, 6) is -0.294. The molecule has 4 nitrogen and oxygen atoms in total. The number of hydrogen-bond donors (Lipinski definition) is 2. The fourth-order valence-corrected chi connectivity index (χ4v) is 3.94. The van der Waals surface area contributed by atoms with Crippen LogP contribution < -0.4 is 10.6 Å². The number of hydrogen-bond acceptors (Lipinski definition) is 4. The number of thiocarbonyl (C=S) groups is 1. The number of carbonyl (C=O) groups excluding carboxylic acids is 1. The minimum absolute atomic E-state index is 0.254. The number of rotatable bonds is 5. The van der Waals surface area contributed by atoms with E-state index in [1.165, 1.54) is 0 Å². The highest BCUT2D eigenvalue weighted by molar-refractivity contribution is 9.11. The van der Waals surface area contributed by atoms with Crippen LogP contribution >= 0.6 is 39.5 Å². The van der Waals surface area contributed by atoms with Crippen LogP contribution in [0.2, 0.25) is 0 Å². The molecule has 0 aromatic carbocycles. The van der Waals surface area contributed by atoms with Crippen LogP contribution in [0.25, 0.3) is 0 Å². The van der Waals surface area contributed by atoms with Crippen molar-refractivity contribution in [3.05, 3.63) is 32.1 Å². The van der Waals surface area contributed by atoms with Crippen LogP contribution in [0.5, 0.6) is 0 Å². The van der Waals surface area contributed by atoms with Crippen LogP contribution in [-0.2, 0) is 9.53 Å². The van der Waals surface area contributed by atoms with Gasteiger partial charge in [0.1, 0.15) is 0 Å². The monoisotopic (exact) mass is 388 g/mol. The topological polar surface area (TPSA) is 50.4 Å². The molecule has 0 unspecified atom stereocenters. The molecule has 0 saturated heterocycles. The molecule has 0 amide bonds. The standard InChI is InChI=1S/C14H17BrN2O2S2/c1-3-5-8-11(13(18)19-4-2)12(17-14(20)16-8)9-6-7-10(15)21-9/h6-7,12H,3-5H2,1-2H3,(H2,16,17,20)/t12-/m1/s1. The van der Waals surface area contributed by atoms with Crippen LogP contribution in [0, 0.1) is 0 Å². The minimum atomic E-state index is -0.294. The minimum Gasteiger partial charge on any atom is -0.463 e. The fourth-order valence-electron chi connectivity index (χ4n) is 2.21. The van der Waals surface area contributed by atoms with Crippen LogP contribution in [0.15, 0.2) is 27.2 Å². The first-order valence-corrected chi connectivity index (χ1v) is 8.81. The molecular formula is C14H17BrN2O2S2. The van der Waals surface area contributed by atoms with Crippen molar-refractivity contribution >= 4 is 50.6 Å². The van der Waals surface area contributed by atoms with Gasteiger partial charge >= 0.3 is 5.97 Å². The van der Waals surface area contributed by atoms with E-state index >= 15 is 0 Å². The van der Waals surface area contributed by atoms with Gasteiger partial charge in [-0.3, -0.25) is 0 Å². The third kappa shape index (κ3) is 3.84. The number of allylic oxidation sites excluding steroid dienone is 1. The van der Waals surface area contributed by atoms with Gasteiger partial charge in [-0.25, -0.2) is 4.79 Å². The van der Waals surface area contributed by atoms with E-state index in [0.717, 1.165) is 27.2 Å². The maximum Gasteiger partial charge on any atom is 0.338 e. The molecule has 1 aliphatic heterocycles. The Morgan fingerprint density at radius 2 is 2.24 bits per heavy atom. The third-order valence-electron chi connectivity index (χ3n) is 3.03. The van der Waals surface area contributed by atoms with Crippen molar-refractivity contribution in [2.45, 2.75) is 32.7 Å². The van der Waals surface area contributed by atoms with E-state index in [1.54, 1.807) is 11.3 Å². The van der Waals surface area contributed by atoms with Crippen molar-refractivity contribution in [1.29, 1.82) is 0 Å². The van der Waals surface area contributed by atoms with E-state index in [4.69, 9.17) is 17.0 Å². The number of nitrogens with one attached hydrogen (secondary N) is 2. The Morgan fingerprint density at radius 1 is 1.48 bits per heavy atom. The van der Waals surface area contributed by atoms with Crippen molar-refractivity contribution in [3.8, 4) is 0 Å². The van der Waals surface area contributed by atoms with Crippen molar-refractivity contribution in [2.24, 2.45) is 0 Å². The summed E-state index contributed by atoms with van der Waals surface area (Å²) >= 11 is 10.3. The van der Waals surface area contributed by atoms with Gasteiger partial charge in [0.15, 0.2) is 5.11 Å². The summed E-state index contributed by atoms with van der Waals surface area (Å²) < 4.78 is 6.24. The molecule has 1 aliphatic rings. The second-order valence-corrected chi connectivity index (χ2v) is 7.44. The normalized spacial score (nSPS) is 18.2. The van der Waals surface area contributed by atoms with Gasteiger partial charge in [0.05, 0.1) is 22.0 Å². The van der Waals surface area contributed by atoms with Crippen molar-refractivity contribution in [3.63, 3.8) is 0 Å². The van der Waals surface area contributed by atoms with Crippen molar-refractivity contribution in [2.75, 3.05) is 6.61 Å². The first-order chi connectivity index (χ1) is 10.1. The first-order valence-electron chi connectivity index (χ1n) is 6.79. The molecule has 2 N–H and O–H groups in total. The summed E-state index contributed by atoms with van der Waals surface area (Å²) in [5.41, 5.74) is 1.48. The molecule has 2 rings (SSSR count). The number of esters is 1. The molecule has 0 saturated carbocycles. The highest BCUT2D eigenvalue weighted by atomic mass is 79.9. The highest BCUT2D eigenvalue weighted by Crippen LogP contribution is 2.35. The zero-order valence-electron chi connectivity index (χ0n) is 11.9. The summed E-state index contributed by atoms with van der Waals surface area (Å²) in [6.45, 7) is 4.23. The quantitative estimate of drug-likeness (QED) is 0.595. The van der Waals surface area contributed by atoms with Crippen LogP contribution in [0.4, 0.5) is 0 Å². The maximum absolute atomic E-state index is 12.4. The molecule has 0 fully saturated rings. The van der Waals surface area contributed by atoms with Gasteiger partial charge in [-0.1, -0.05) is 13.3 Å². The van der Waals surface area contributed by atoms with Gasteiger partial charge in [-0.05, 0) is 53.6 Å². The van der Waals surface area contributed by atoms with Gasteiger partial charge in [0.25, 0.3) is 0 Å². The molecule has 0 radical (unpaired) electrons.